The fraction of sp³-hybridized carbons (Fsp3) is 0.226. The molecule has 6 heteroatoms. The fourth-order valence-corrected chi connectivity index (χ4v) is 5.50. The van der Waals surface area contributed by atoms with Crippen molar-refractivity contribution in [3.8, 4) is 11.5 Å². The third kappa shape index (κ3) is 4.40. The lowest BCUT2D eigenvalue weighted by Crippen LogP contribution is -2.36. The van der Waals surface area contributed by atoms with E-state index in [1.807, 2.05) is 73.7 Å². The van der Waals surface area contributed by atoms with Gasteiger partial charge in [0, 0.05) is 29.3 Å². The van der Waals surface area contributed by atoms with E-state index in [4.69, 9.17) is 14.2 Å². The number of hydrogen-bond donors (Lipinski definition) is 1. The summed E-state index contributed by atoms with van der Waals surface area (Å²) in [6.45, 7) is 2.18. The zero-order valence-corrected chi connectivity index (χ0v) is 20.5. The van der Waals surface area contributed by atoms with Crippen LogP contribution in [0.25, 0.3) is 0 Å². The lowest BCUT2D eigenvalue weighted by Gasteiger charge is -2.36. The average molecular weight is 494 g/mol. The molecule has 1 aliphatic carbocycles. The maximum Gasteiger partial charge on any atom is 0.337 e. The summed E-state index contributed by atoms with van der Waals surface area (Å²) in [4.78, 5) is 27.3. The number of fused-ring (bicyclic) bond motifs is 1. The van der Waals surface area contributed by atoms with E-state index >= 15 is 0 Å². The summed E-state index contributed by atoms with van der Waals surface area (Å²) in [5.74, 6) is 0.375. The second kappa shape index (κ2) is 9.62. The van der Waals surface area contributed by atoms with Crippen LogP contribution >= 0.6 is 0 Å². The molecule has 3 aromatic carbocycles. The van der Waals surface area contributed by atoms with E-state index in [2.05, 4.69) is 17.4 Å². The van der Waals surface area contributed by atoms with Gasteiger partial charge in [0.1, 0.15) is 6.61 Å². The van der Waals surface area contributed by atoms with Gasteiger partial charge in [-0.25, -0.2) is 4.79 Å². The number of ether oxygens (including phenoxy) is 3. The first-order chi connectivity index (χ1) is 18.1. The Balaban J connectivity index is 1.38. The van der Waals surface area contributed by atoms with Gasteiger partial charge in [0.25, 0.3) is 0 Å². The van der Waals surface area contributed by atoms with E-state index in [-0.39, 0.29) is 25.1 Å². The first-order valence-electron chi connectivity index (χ1n) is 12.5. The normalized spacial score (nSPS) is 20.4. The molecule has 0 bridgehead atoms. The molecule has 3 aromatic rings. The number of nitrogens with one attached hydrogen (secondary N) is 1. The molecule has 0 radical (unpaired) electrons. The maximum absolute atomic E-state index is 13.8. The van der Waals surface area contributed by atoms with Crippen molar-refractivity contribution in [3.63, 3.8) is 0 Å². The number of benzene rings is 3. The van der Waals surface area contributed by atoms with Gasteiger partial charge in [0.05, 0.1) is 5.57 Å². The van der Waals surface area contributed by atoms with E-state index < -0.39 is 11.9 Å². The average Bonchev–Trinajstić information content (AvgIpc) is 3.40. The molecule has 0 aromatic heterocycles. The number of allylic oxidation sites excluding steroid dienone is 3. The van der Waals surface area contributed by atoms with Crippen LogP contribution in [0.3, 0.4) is 0 Å². The predicted octanol–water partition coefficient (Wildman–Crippen LogP) is 5.52. The lowest BCUT2D eigenvalue weighted by atomic mass is 9.71. The van der Waals surface area contributed by atoms with E-state index in [0.717, 1.165) is 22.4 Å². The van der Waals surface area contributed by atoms with Gasteiger partial charge in [0.15, 0.2) is 17.3 Å². The monoisotopic (exact) mass is 493 g/mol. The minimum Gasteiger partial charge on any atom is -0.457 e. The molecule has 0 saturated carbocycles. The molecule has 0 amide bonds. The predicted molar refractivity (Wildman–Crippen MR) is 138 cm³/mol. The molecular weight excluding hydrogens is 466 g/mol. The zero-order chi connectivity index (χ0) is 25.4. The first kappa shape index (κ1) is 23.1. The standard InChI is InChI=1S/C31H27NO5/c1-19-28(31(34)35-17-20-8-4-2-5-9-20)29(22-12-13-26-27(16-22)37-18-36-26)30-24(32-19)14-23(15-25(30)33)21-10-6-3-7-11-21/h2-13,16,23,29,32H,14-15,17-18H2,1H3/t23-,29-/m0/s1. The Morgan fingerprint density at radius 1 is 0.919 bits per heavy atom. The highest BCUT2D eigenvalue weighted by atomic mass is 16.7. The van der Waals surface area contributed by atoms with Crippen LogP contribution in [0.15, 0.2) is 101 Å². The van der Waals surface area contributed by atoms with Crippen molar-refractivity contribution in [1.82, 2.24) is 5.32 Å². The molecule has 1 N–H and O–H groups in total. The van der Waals surface area contributed by atoms with Crippen LogP contribution in [0, 0.1) is 0 Å². The minimum atomic E-state index is -0.557. The molecule has 0 spiro atoms. The van der Waals surface area contributed by atoms with Crippen LogP contribution in [0.1, 0.15) is 48.3 Å². The smallest absolute Gasteiger partial charge is 0.337 e. The van der Waals surface area contributed by atoms with Crippen LogP contribution in [-0.4, -0.2) is 18.5 Å². The quantitative estimate of drug-likeness (QED) is 0.472. The molecule has 2 atom stereocenters. The lowest BCUT2D eigenvalue weighted by molar-refractivity contribution is -0.140. The van der Waals surface area contributed by atoms with Gasteiger partial charge >= 0.3 is 5.97 Å². The molecular formula is C31H27NO5. The van der Waals surface area contributed by atoms with Crippen molar-refractivity contribution in [2.45, 2.75) is 38.2 Å². The van der Waals surface area contributed by atoms with Crippen LogP contribution < -0.4 is 14.8 Å². The highest BCUT2D eigenvalue weighted by Gasteiger charge is 2.41. The Morgan fingerprint density at radius 2 is 1.65 bits per heavy atom. The van der Waals surface area contributed by atoms with Crippen molar-refractivity contribution in [2.24, 2.45) is 0 Å². The number of carbonyl (C=O) groups excluding carboxylic acids is 2. The van der Waals surface area contributed by atoms with Gasteiger partial charge in [-0.05, 0) is 48.1 Å². The number of ketones is 1. The highest BCUT2D eigenvalue weighted by Crippen LogP contribution is 2.47. The third-order valence-electron chi connectivity index (χ3n) is 7.26. The van der Waals surface area contributed by atoms with Crippen LogP contribution in [0.4, 0.5) is 0 Å². The van der Waals surface area contributed by atoms with Crippen LogP contribution in [0.2, 0.25) is 0 Å². The van der Waals surface area contributed by atoms with Gasteiger partial charge in [-0.2, -0.15) is 0 Å². The largest absolute Gasteiger partial charge is 0.457 e. The molecule has 6 nitrogen and oxygen atoms in total. The second-order valence-electron chi connectivity index (χ2n) is 9.60. The number of dihydropyridines is 1. The number of rotatable bonds is 5. The third-order valence-corrected chi connectivity index (χ3v) is 7.26. The zero-order valence-electron chi connectivity index (χ0n) is 20.5. The number of carbonyl (C=O) groups is 2. The summed E-state index contributed by atoms with van der Waals surface area (Å²) in [5.41, 5.74) is 5.47. The van der Waals surface area contributed by atoms with Gasteiger partial charge in [-0.1, -0.05) is 66.7 Å². The highest BCUT2D eigenvalue weighted by molar-refractivity contribution is 6.04. The fourth-order valence-electron chi connectivity index (χ4n) is 5.50. The van der Waals surface area contributed by atoms with Gasteiger partial charge < -0.3 is 19.5 Å². The number of hydrogen-bond acceptors (Lipinski definition) is 6. The van der Waals surface area contributed by atoms with Crippen molar-refractivity contribution >= 4 is 11.8 Å². The Hall–Kier alpha value is -4.32. The summed E-state index contributed by atoms with van der Waals surface area (Å²) < 4.78 is 16.9. The van der Waals surface area contributed by atoms with Crippen molar-refractivity contribution in [3.05, 3.63) is 118 Å². The minimum absolute atomic E-state index is 0.0335. The van der Waals surface area contributed by atoms with E-state index in [9.17, 15) is 9.59 Å². The topological polar surface area (TPSA) is 73.9 Å². The molecule has 3 aliphatic rings. The second-order valence-corrected chi connectivity index (χ2v) is 9.60. The molecule has 37 heavy (non-hydrogen) atoms. The molecule has 2 aliphatic heterocycles. The molecule has 0 saturated heterocycles. The van der Waals surface area contributed by atoms with Crippen molar-refractivity contribution in [2.75, 3.05) is 6.79 Å². The van der Waals surface area contributed by atoms with E-state index in [1.54, 1.807) is 0 Å². The van der Waals surface area contributed by atoms with E-state index in [0.29, 0.717) is 41.2 Å². The molecule has 0 fully saturated rings. The summed E-state index contributed by atoms with van der Waals surface area (Å²) in [7, 11) is 0. The molecule has 0 unspecified atom stereocenters. The maximum atomic E-state index is 13.8. The van der Waals surface area contributed by atoms with Gasteiger partial charge in [-0.3, -0.25) is 4.79 Å². The Bertz CT molecular complexity index is 1420. The van der Waals surface area contributed by atoms with Gasteiger partial charge in [-0.15, -0.1) is 0 Å². The Morgan fingerprint density at radius 3 is 2.43 bits per heavy atom. The van der Waals surface area contributed by atoms with Gasteiger partial charge in [0.2, 0.25) is 6.79 Å². The van der Waals surface area contributed by atoms with Crippen molar-refractivity contribution < 1.29 is 23.8 Å². The molecule has 6 rings (SSSR count). The summed E-state index contributed by atoms with van der Waals surface area (Å²) in [6, 6.07) is 25.3. The summed E-state index contributed by atoms with van der Waals surface area (Å²) in [5, 5.41) is 3.41. The first-order valence-corrected chi connectivity index (χ1v) is 12.5. The summed E-state index contributed by atoms with van der Waals surface area (Å²) in [6.07, 6.45) is 1.08. The molecule has 186 valence electrons. The van der Waals surface area contributed by atoms with Crippen LogP contribution in [0.5, 0.6) is 11.5 Å². The molecule has 2 heterocycles. The Labute approximate surface area is 215 Å². The van der Waals surface area contributed by atoms with Crippen molar-refractivity contribution in [1.29, 1.82) is 0 Å². The number of esters is 1. The van der Waals surface area contributed by atoms with E-state index in [1.165, 1.54) is 0 Å². The summed E-state index contributed by atoms with van der Waals surface area (Å²) >= 11 is 0. The van der Waals surface area contributed by atoms with Crippen LogP contribution in [-0.2, 0) is 20.9 Å². The SMILES string of the molecule is CC1=C(C(=O)OCc2ccccc2)[C@H](c2ccc3c(c2)OCO3)C2=C(C[C@H](c3ccccc3)CC2=O)N1. The number of Topliss-reactive ketones (excluding diaryl/α,β-unsaturated/α-hetero) is 1. The Kier molecular flexibility index (Phi) is 6.01.